The number of aliphatic imine (C=N–C) groups is 1. The third kappa shape index (κ3) is 6.29. The van der Waals surface area contributed by atoms with Gasteiger partial charge in [0.2, 0.25) is 11.9 Å². The zero-order chi connectivity index (χ0) is 22.4. The van der Waals surface area contributed by atoms with Crippen molar-refractivity contribution in [3.8, 4) is 0 Å². The van der Waals surface area contributed by atoms with Crippen LogP contribution in [0.2, 0.25) is 0 Å². The maximum absolute atomic E-state index is 12.8. The number of aryl methyl sites for hydroxylation is 3. The Morgan fingerprint density at radius 2 is 2.03 bits per heavy atom. The van der Waals surface area contributed by atoms with Crippen LogP contribution < -0.4 is 27.4 Å². The number of benzene rings is 1. The molecular formula is C21H29N7O3. The number of hydrogen-bond acceptors (Lipinski definition) is 8. The molecule has 0 fully saturated rings. The first kappa shape index (κ1) is 22.3. The summed E-state index contributed by atoms with van der Waals surface area (Å²) in [5.74, 6) is 0.134. The number of nitrogens with zero attached hydrogens (tertiary/aromatic N) is 3. The number of nitrogens with two attached hydrogens (primary N) is 1. The van der Waals surface area contributed by atoms with Crippen LogP contribution in [-0.4, -0.2) is 47.2 Å². The Balaban J connectivity index is 1.57. The Kier molecular flexibility index (Phi) is 7.24. The molecule has 0 radical (unpaired) electrons. The Morgan fingerprint density at radius 3 is 2.71 bits per heavy atom. The van der Waals surface area contributed by atoms with E-state index in [-0.39, 0.29) is 42.4 Å². The number of hydroxylamine groups is 1. The van der Waals surface area contributed by atoms with Crippen molar-refractivity contribution in [2.75, 3.05) is 25.0 Å². The van der Waals surface area contributed by atoms with Crippen molar-refractivity contribution in [3.63, 3.8) is 0 Å². The monoisotopic (exact) mass is 427 g/mol. The molecule has 1 aromatic heterocycles. The summed E-state index contributed by atoms with van der Waals surface area (Å²) in [6, 6.07) is 6.39. The van der Waals surface area contributed by atoms with Gasteiger partial charge in [0.1, 0.15) is 12.6 Å². The third-order valence-corrected chi connectivity index (χ3v) is 4.87. The van der Waals surface area contributed by atoms with Gasteiger partial charge in [0.25, 0.3) is 5.56 Å². The van der Waals surface area contributed by atoms with E-state index in [2.05, 4.69) is 58.1 Å². The van der Waals surface area contributed by atoms with Gasteiger partial charge < -0.3 is 16.4 Å². The van der Waals surface area contributed by atoms with Crippen molar-refractivity contribution < 1.29 is 9.63 Å². The minimum absolute atomic E-state index is 0.107. The number of guanidine groups is 1. The van der Waals surface area contributed by atoms with Crippen LogP contribution in [0, 0.1) is 20.8 Å². The minimum atomic E-state index is -0.330. The number of carbonyl (C=O) groups is 1. The molecule has 1 unspecified atom stereocenters. The molecule has 10 nitrogen and oxygen atoms in total. The van der Waals surface area contributed by atoms with Crippen LogP contribution in [0.25, 0.3) is 0 Å². The van der Waals surface area contributed by atoms with Crippen molar-refractivity contribution in [2.24, 2.45) is 10.7 Å². The SMILES string of the molecule is Cc1cc(C)cc(CCNc2ncc(C)n(CC(=O)NCC3CN=C(N)NO3)c2=O)c1. The lowest BCUT2D eigenvalue weighted by atomic mass is 10.1. The minimum Gasteiger partial charge on any atom is -0.368 e. The second-order valence-electron chi connectivity index (χ2n) is 7.68. The van der Waals surface area contributed by atoms with Gasteiger partial charge in [0.05, 0.1) is 6.54 Å². The van der Waals surface area contributed by atoms with Gasteiger partial charge in [-0.1, -0.05) is 29.3 Å². The lowest BCUT2D eigenvalue weighted by molar-refractivity contribution is -0.122. The molecular weight excluding hydrogens is 398 g/mol. The standard InChI is InChI=1S/C21H29N7O3/c1-13-6-14(2)8-16(7-13)4-5-23-19-20(30)28(15(3)9-25-19)12-18(29)24-10-17-11-26-21(22)27-31-17/h6-9,17H,4-5,10-12H2,1-3H3,(H,23,25)(H,24,29)(H3,22,26,27). The van der Waals surface area contributed by atoms with E-state index in [1.54, 1.807) is 13.1 Å². The molecule has 1 aliphatic heterocycles. The van der Waals surface area contributed by atoms with Crippen LogP contribution in [0.5, 0.6) is 0 Å². The predicted octanol–water partition coefficient (Wildman–Crippen LogP) is 0.157. The van der Waals surface area contributed by atoms with E-state index in [0.29, 0.717) is 18.8 Å². The first-order valence-corrected chi connectivity index (χ1v) is 10.2. The predicted molar refractivity (Wildman–Crippen MR) is 119 cm³/mol. The fraction of sp³-hybridized carbons (Fsp3) is 0.429. The van der Waals surface area contributed by atoms with E-state index in [1.165, 1.54) is 21.3 Å². The highest BCUT2D eigenvalue weighted by atomic mass is 16.7. The molecule has 0 bridgehead atoms. The van der Waals surface area contributed by atoms with Gasteiger partial charge >= 0.3 is 0 Å². The van der Waals surface area contributed by atoms with Crippen molar-refractivity contribution in [3.05, 3.63) is 57.1 Å². The Labute approximate surface area is 180 Å². The van der Waals surface area contributed by atoms with Gasteiger partial charge in [-0.05, 0) is 32.8 Å². The van der Waals surface area contributed by atoms with Crippen molar-refractivity contribution in [2.45, 2.75) is 39.8 Å². The molecule has 1 aliphatic rings. The summed E-state index contributed by atoms with van der Waals surface area (Å²) in [5, 5.41) is 5.85. The van der Waals surface area contributed by atoms with E-state index in [0.717, 1.165) is 6.42 Å². The highest BCUT2D eigenvalue weighted by Gasteiger charge is 2.17. The molecule has 0 saturated heterocycles. The summed E-state index contributed by atoms with van der Waals surface area (Å²) < 4.78 is 1.40. The second-order valence-corrected chi connectivity index (χ2v) is 7.68. The summed E-state index contributed by atoms with van der Waals surface area (Å²) in [6.07, 6.45) is 2.02. The molecule has 2 aromatic rings. The fourth-order valence-electron chi connectivity index (χ4n) is 3.37. The number of anilines is 1. The largest absolute Gasteiger partial charge is 0.368 e. The average molecular weight is 428 g/mol. The third-order valence-electron chi connectivity index (χ3n) is 4.87. The molecule has 1 atom stereocenters. The Morgan fingerprint density at radius 1 is 1.29 bits per heavy atom. The quantitative estimate of drug-likeness (QED) is 0.471. The molecule has 1 amide bonds. The topological polar surface area (TPSA) is 136 Å². The van der Waals surface area contributed by atoms with Gasteiger partial charge in [-0.15, -0.1) is 0 Å². The number of rotatable bonds is 8. The maximum atomic E-state index is 12.8. The summed E-state index contributed by atoms with van der Waals surface area (Å²) in [7, 11) is 0. The molecule has 31 heavy (non-hydrogen) atoms. The van der Waals surface area contributed by atoms with Gasteiger partial charge in [-0.3, -0.25) is 19.0 Å². The molecule has 166 valence electrons. The molecule has 2 heterocycles. The van der Waals surface area contributed by atoms with Crippen LogP contribution >= 0.6 is 0 Å². The summed E-state index contributed by atoms with van der Waals surface area (Å²) >= 11 is 0. The number of hydrogen-bond donors (Lipinski definition) is 4. The molecule has 0 saturated carbocycles. The van der Waals surface area contributed by atoms with Gasteiger partial charge in [-0.2, -0.15) is 0 Å². The lowest BCUT2D eigenvalue weighted by Crippen LogP contribution is -2.46. The number of carbonyl (C=O) groups excluding carboxylic acids is 1. The van der Waals surface area contributed by atoms with Gasteiger partial charge in [0, 0.05) is 25.0 Å². The second kappa shape index (κ2) is 10.1. The van der Waals surface area contributed by atoms with E-state index in [9.17, 15) is 9.59 Å². The number of amides is 1. The van der Waals surface area contributed by atoms with E-state index in [1.807, 2.05) is 0 Å². The first-order chi connectivity index (χ1) is 14.8. The molecule has 3 rings (SSSR count). The maximum Gasteiger partial charge on any atom is 0.293 e. The zero-order valence-corrected chi connectivity index (χ0v) is 18.1. The first-order valence-electron chi connectivity index (χ1n) is 10.2. The fourth-order valence-corrected chi connectivity index (χ4v) is 3.37. The lowest BCUT2D eigenvalue weighted by Gasteiger charge is -2.21. The molecule has 5 N–H and O–H groups in total. The van der Waals surface area contributed by atoms with Crippen molar-refractivity contribution in [1.82, 2.24) is 20.3 Å². The summed E-state index contributed by atoms with van der Waals surface area (Å²) in [5.41, 5.74) is 11.8. The van der Waals surface area contributed by atoms with E-state index >= 15 is 0 Å². The van der Waals surface area contributed by atoms with Crippen LogP contribution in [0.15, 0.2) is 34.2 Å². The smallest absolute Gasteiger partial charge is 0.293 e. The van der Waals surface area contributed by atoms with E-state index < -0.39 is 0 Å². The highest BCUT2D eigenvalue weighted by molar-refractivity contribution is 5.77. The number of aromatic nitrogens is 2. The zero-order valence-electron chi connectivity index (χ0n) is 18.1. The molecule has 10 heteroatoms. The van der Waals surface area contributed by atoms with Gasteiger partial charge in [0.15, 0.2) is 5.82 Å². The summed E-state index contributed by atoms with van der Waals surface area (Å²) in [4.78, 5) is 38.6. The Bertz CT molecular complexity index is 1010. The van der Waals surface area contributed by atoms with E-state index in [4.69, 9.17) is 10.6 Å². The van der Waals surface area contributed by atoms with Crippen LogP contribution in [0.3, 0.4) is 0 Å². The molecule has 0 aliphatic carbocycles. The normalized spacial score (nSPS) is 15.7. The highest BCUT2D eigenvalue weighted by Crippen LogP contribution is 2.09. The van der Waals surface area contributed by atoms with Crippen LogP contribution in [-0.2, 0) is 22.6 Å². The average Bonchev–Trinajstić information content (AvgIpc) is 2.71. The van der Waals surface area contributed by atoms with Crippen LogP contribution in [0.4, 0.5) is 5.82 Å². The summed E-state index contributed by atoms with van der Waals surface area (Å²) in [6.45, 7) is 6.93. The molecule has 0 spiro atoms. The van der Waals surface area contributed by atoms with Crippen molar-refractivity contribution >= 4 is 17.7 Å². The molecule has 1 aromatic carbocycles. The van der Waals surface area contributed by atoms with Crippen molar-refractivity contribution in [1.29, 1.82) is 0 Å². The Hall–Kier alpha value is -3.40. The van der Waals surface area contributed by atoms with Crippen LogP contribution in [0.1, 0.15) is 22.4 Å². The number of nitrogens with one attached hydrogen (secondary N) is 3. The van der Waals surface area contributed by atoms with Gasteiger partial charge in [-0.25, -0.2) is 15.5 Å².